The fourth-order valence-corrected chi connectivity index (χ4v) is 3.08. The number of anilines is 1. The first-order chi connectivity index (χ1) is 10.8. The zero-order valence-corrected chi connectivity index (χ0v) is 14.9. The highest BCUT2D eigenvalue weighted by Crippen LogP contribution is 2.31. The third-order valence-electron chi connectivity index (χ3n) is 3.56. The van der Waals surface area contributed by atoms with Crippen molar-refractivity contribution in [1.29, 1.82) is 0 Å². The second-order valence-corrected chi connectivity index (χ2v) is 7.13. The molecule has 0 spiro atoms. The SMILES string of the molecule is COCc1nc2c(N)nc3cc(Br)ccc3c2n1CC(C)(C)O. The number of benzene rings is 1. The Balaban J connectivity index is 2.40. The van der Waals surface area contributed by atoms with Crippen LogP contribution >= 0.6 is 15.9 Å². The van der Waals surface area contributed by atoms with Crippen LogP contribution in [0.25, 0.3) is 21.9 Å². The molecule has 3 aromatic rings. The van der Waals surface area contributed by atoms with Gasteiger partial charge in [0.05, 0.1) is 23.2 Å². The average molecular weight is 379 g/mol. The third-order valence-corrected chi connectivity index (χ3v) is 4.06. The zero-order valence-electron chi connectivity index (χ0n) is 13.3. The van der Waals surface area contributed by atoms with E-state index in [1.165, 1.54) is 0 Å². The molecule has 0 amide bonds. The number of hydrogen-bond donors (Lipinski definition) is 2. The molecule has 0 saturated heterocycles. The van der Waals surface area contributed by atoms with Crippen LogP contribution in [0.1, 0.15) is 19.7 Å². The van der Waals surface area contributed by atoms with Crippen LogP contribution in [-0.4, -0.2) is 32.4 Å². The van der Waals surface area contributed by atoms with Gasteiger partial charge in [0.1, 0.15) is 17.9 Å². The molecule has 0 bridgehead atoms. The van der Waals surface area contributed by atoms with Gasteiger partial charge in [-0.2, -0.15) is 0 Å². The Morgan fingerprint density at radius 2 is 2.09 bits per heavy atom. The first-order valence-corrected chi connectivity index (χ1v) is 8.04. The molecule has 0 aliphatic heterocycles. The monoisotopic (exact) mass is 378 g/mol. The van der Waals surface area contributed by atoms with Crippen LogP contribution in [0.15, 0.2) is 22.7 Å². The van der Waals surface area contributed by atoms with Crippen LogP contribution in [0.3, 0.4) is 0 Å². The van der Waals surface area contributed by atoms with Gasteiger partial charge in [-0.1, -0.05) is 15.9 Å². The molecule has 122 valence electrons. The van der Waals surface area contributed by atoms with E-state index >= 15 is 0 Å². The fourth-order valence-electron chi connectivity index (χ4n) is 2.73. The summed E-state index contributed by atoms with van der Waals surface area (Å²) < 4.78 is 8.15. The van der Waals surface area contributed by atoms with E-state index in [0.29, 0.717) is 30.3 Å². The maximum absolute atomic E-state index is 10.3. The van der Waals surface area contributed by atoms with Gasteiger partial charge in [0, 0.05) is 17.0 Å². The van der Waals surface area contributed by atoms with E-state index in [-0.39, 0.29) is 0 Å². The first-order valence-electron chi connectivity index (χ1n) is 7.25. The van der Waals surface area contributed by atoms with Gasteiger partial charge in [0.2, 0.25) is 0 Å². The molecule has 2 aromatic heterocycles. The van der Waals surface area contributed by atoms with Crippen LogP contribution in [0.4, 0.5) is 5.82 Å². The Hall–Kier alpha value is -1.70. The highest BCUT2D eigenvalue weighted by atomic mass is 79.9. The largest absolute Gasteiger partial charge is 0.389 e. The Morgan fingerprint density at radius 1 is 1.35 bits per heavy atom. The molecule has 3 rings (SSSR count). The maximum Gasteiger partial charge on any atom is 0.152 e. The van der Waals surface area contributed by atoms with Gasteiger partial charge in [-0.25, -0.2) is 9.97 Å². The van der Waals surface area contributed by atoms with Crippen LogP contribution in [-0.2, 0) is 17.9 Å². The van der Waals surface area contributed by atoms with Crippen molar-refractivity contribution in [3.63, 3.8) is 0 Å². The molecule has 23 heavy (non-hydrogen) atoms. The van der Waals surface area contributed by atoms with Crippen molar-refractivity contribution >= 4 is 43.7 Å². The smallest absolute Gasteiger partial charge is 0.152 e. The second-order valence-electron chi connectivity index (χ2n) is 6.22. The van der Waals surface area contributed by atoms with Gasteiger partial charge >= 0.3 is 0 Å². The lowest BCUT2D eigenvalue weighted by molar-refractivity contribution is 0.0597. The van der Waals surface area contributed by atoms with E-state index < -0.39 is 5.60 Å². The number of imidazole rings is 1. The van der Waals surface area contributed by atoms with Crippen molar-refractivity contribution in [2.75, 3.05) is 12.8 Å². The number of halogens is 1. The lowest BCUT2D eigenvalue weighted by Crippen LogP contribution is -2.27. The highest BCUT2D eigenvalue weighted by Gasteiger charge is 2.22. The van der Waals surface area contributed by atoms with Crippen LogP contribution in [0, 0.1) is 0 Å². The predicted molar refractivity (Wildman–Crippen MR) is 94.2 cm³/mol. The lowest BCUT2D eigenvalue weighted by Gasteiger charge is -2.20. The van der Waals surface area contributed by atoms with E-state index in [1.807, 2.05) is 22.8 Å². The van der Waals surface area contributed by atoms with Gasteiger partial charge in [0.25, 0.3) is 0 Å². The number of ether oxygens (including phenoxy) is 1. The van der Waals surface area contributed by atoms with Crippen LogP contribution in [0.5, 0.6) is 0 Å². The Labute approximate surface area is 142 Å². The van der Waals surface area contributed by atoms with Crippen molar-refractivity contribution < 1.29 is 9.84 Å². The number of fused-ring (bicyclic) bond motifs is 3. The van der Waals surface area contributed by atoms with Crippen LogP contribution < -0.4 is 5.73 Å². The molecule has 0 saturated carbocycles. The predicted octanol–water partition coefficient (Wildman–Crippen LogP) is 2.85. The number of nitrogens with two attached hydrogens (primary N) is 1. The quantitative estimate of drug-likeness (QED) is 0.728. The summed E-state index contributed by atoms with van der Waals surface area (Å²) in [4.78, 5) is 9.03. The van der Waals surface area contributed by atoms with Crippen molar-refractivity contribution in [2.45, 2.75) is 32.6 Å². The molecule has 1 aromatic carbocycles. The minimum Gasteiger partial charge on any atom is -0.389 e. The van der Waals surface area contributed by atoms with E-state index in [9.17, 15) is 5.11 Å². The van der Waals surface area contributed by atoms with Gasteiger partial charge in [-0.3, -0.25) is 0 Å². The molecular formula is C16H19BrN4O2. The minimum atomic E-state index is -0.893. The van der Waals surface area contributed by atoms with Gasteiger partial charge in [0.15, 0.2) is 5.82 Å². The topological polar surface area (TPSA) is 86.2 Å². The van der Waals surface area contributed by atoms with Gasteiger partial charge < -0.3 is 20.1 Å². The number of methoxy groups -OCH3 is 1. The molecule has 2 heterocycles. The fraction of sp³-hybridized carbons (Fsp3) is 0.375. The van der Waals surface area contributed by atoms with Crippen molar-refractivity contribution in [1.82, 2.24) is 14.5 Å². The van der Waals surface area contributed by atoms with E-state index in [2.05, 4.69) is 25.9 Å². The van der Waals surface area contributed by atoms with Crippen molar-refractivity contribution in [3.8, 4) is 0 Å². The Kier molecular flexibility index (Phi) is 4.03. The number of rotatable bonds is 4. The zero-order chi connectivity index (χ0) is 16.8. The van der Waals surface area contributed by atoms with Crippen molar-refractivity contribution in [3.05, 3.63) is 28.5 Å². The summed E-state index contributed by atoms with van der Waals surface area (Å²) in [5.41, 5.74) is 7.50. The summed E-state index contributed by atoms with van der Waals surface area (Å²) in [5, 5.41) is 11.2. The molecule has 6 nitrogen and oxygen atoms in total. The molecular weight excluding hydrogens is 360 g/mol. The Bertz CT molecular complexity index is 883. The molecule has 7 heteroatoms. The number of nitrogens with zero attached hydrogens (tertiary/aromatic N) is 3. The number of hydrogen-bond acceptors (Lipinski definition) is 5. The number of aliphatic hydroxyl groups is 1. The molecule has 0 aliphatic carbocycles. The van der Waals surface area contributed by atoms with Gasteiger partial charge in [-0.15, -0.1) is 0 Å². The molecule has 0 fully saturated rings. The average Bonchev–Trinajstić information content (AvgIpc) is 2.77. The lowest BCUT2D eigenvalue weighted by atomic mass is 10.1. The van der Waals surface area contributed by atoms with E-state index in [4.69, 9.17) is 10.5 Å². The molecule has 0 radical (unpaired) electrons. The summed E-state index contributed by atoms with van der Waals surface area (Å²) in [5.74, 6) is 1.09. The Morgan fingerprint density at radius 3 is 2.74 bits per heavy atom. The number of aromatic nitrogens is 3. The van der Waals surface area contributed by atoms with E-state index in [0.717, 1.165) is 20.9 Å². The molecule has 0 unspecified atom stereocenters. The third kappa shape index (κ3) is 3.04. The van der Waals surface area contributed by atoms with E-state index in [1.54, 1.807) is 21.0 Å². The normalized spacial score (nSPS) is 12.4. The summed E-state index contributed by atoms with van der Waals surface area (Å²) in [7, 11) is 1.62. The van der Waals surface area contributed by atoms with Crippen LogP contribution in [0.2, 0.25) is 0 Å². The highest BCUT2D eigenvalue weighted by molar-refractivity contribution is 9.10. The molecule has 3 N–H and O–H groups in total. The number of nitrogen functional groups attached to an aromatic ring is 1. The summed E-state index contributed by atoms with van der Waals surface area (Å²) >= 11 is 3.46. The second kappa shape index (κ2) is 5.74. The summed E-state index contributed by atoms with van der Waals surface area (Å²) in [6.45, 7) is 4.25. The summed E-state index contributed by atoms with van der Waals surface area (Å²) in [6.07, 6.45) is 0. The first kappa shape index (κ1) is 16.2. The maximum atomic E-state index is 10.3. The molecule has 0 aliphatic rings. The van der Waals surface area contributed by atoms with Gasteiger partial charge in [-0.05, 0) is 32.0 Å². The minimum absolute atomic E-state index is 0.336. The summed E-state index contributed by atoms with van der Waals surface area (Å²) in [6, 6.07) is 5.85. The number of pyridine rings is 1. The molecule has 0 atom stereocenters. The van der Waals surface area contributed by atoms with Crippen molar-refractivity contribution in [2.24, 2.45) is 0 Å². The standard InChI is InChI=1S/C16H19BrN4O2/c1-16(2,22)8-21-12(7-23-3)20-13-14(21)10-5-4-9(17)6-11(10)19-15(13)18/h4-6,22H,7-8H2,1-3H3,(H2,18,19).